The zero-order valence-corrected chi connectivity index (χ0v) is 18.6. The van der Waals surface area contributed by atoms with Crippen LogP contribution >= 0.6 is 0 Å². The van der Waals surface area contributed by atoms with Crippen molar-refractivity contribution in [1.82, 2.24) is 9.47 Å². The Morgan fingerprint density at radius 3 is 2.61 bits per heavy atom. The number of hydrogen-bond acceptors (Lipinski definition) is 4. The highest BCUT2D eigenvalue weighted by Crippen LogP contribution is 2.61. The molecule has 0 radical (unpaired) electrons. The fourth-order valence-electron chi connectivity index (χ4n) is 5.20. The van der Waals surface area contributed by atoms with Gasteiger partial charge in [-0.05, 0) is 74.3 Å². The molecule has 0 bridgehead atoms. The lowest BCUT2D eigenvalue weighted by molar-refractivity contribution is 0.0941. The van der Waals surface area contributed by atoms with Gasteiger partial charge in [0.15, 0.2) is 9.84 Å². The van der Waals surface area contributed by atoms with Crippen LogP contribution in [-0.4, -0.2) is 42.9 Å². The molecule has 2 aromatic carbocycles. The zero-order chi connectivity index (χ0) is 21.8. The second-order valence-corrected chi connectivity index (χ2v) is 10.6. The number of rotatable bonds is 4. The van der Waals surface area contributed by atoms with Crippen molar-refractivity contribution in [2.24, 2.45) is 0 Å². The van der Waals surface area contributed by atoms with Crippen LogP contribution in [0.25, 0.3) is 17.0 Å². The molecule has 3 aromatic rings. The smallest absolute Gasteiger partial charge is 0.227 e. The van der Waals surface area contributed by atoms with Crippen molar-refractivity contribution in [1.29, 1.82) is 0 Å². The molecule has 31 heavy (non-hydrogen) atoms. The summed E-state index contributed by atoms with van der Waals surface area (Å²) in [7, 11) is -1.31. The van der Waals surface area contributed by atoms with Gasteiger partial charge in [-0.2, -0.15) is 0 Å². The molecule has 2 atom stereocenters. The highest BCUT2D eigenvalue weighted by molar-refractivity contribution is 7.94. The van der Waals surface area contributed by atoms with Crippen LogP contribution in [0.5, 0.6) is 0 Å². The summed E-state index contributed by atoms with van der Waals surface area (Å²) in [5, 5.41) is 2.30. The van der Waals surface area contributed by atoms with Gasteiger partial charge in [-0.15, -0.1) is 0 Å². The molecule has 1 spiro atoms. The quantitative estimate of drug-likeness (QED) is 0.597. The number of carbonyl (C=O) groups excluding carboxylic acids is 1. The molecule has 1 aromatic heterocycles. The van der Waals surface area contributed by atoms with Gasteiger partial charge in [0.05, 0.1) is 10.4 Å². The number of hydrogen-bond donors (Lipinski definition) is 0. The van der Waals surface area contributed by atoms with Gasteiger partial charge in [-0.3, -0.25) is 9.36 Å². The summed E-state index contributed by atoms with van der Waals surface area (Å²) in [6.45, 7) is 2.70. The van der Waals surface area contributed by atoms with Gasteiger partial charge in [0.1, 0.15) is 0 Å². The lowest BCUT2D eigenvalue weighted by atomic mass is 10.0. The van der Waals surface area contributed by atoms with Gasteiger partial charge in [-0.1, -0.05) is 24.3 Å². The average Bonchev–Trinajstić information content (AvgIpc) is 3.18. The Morgan fingerprint density at radius 1 is 1.16 bits per heavy atom. The molecule has 2 heterocycles. The van der Waals surface area contributed by atoms with Gasteiger partial charge in [-0.25, -0.2) is 8.42 Å². The fourth-order valence-corrected chi connectivity index (χ4v) is 6.23. The van der Waals surface area contributed by atoms with E-state index in [-0.39, 0.29) is 16.3 Å². The first-order valence-electron chi connectivity index (χ1n) is 10.7. The lowest BCUT2D eigenvalue weighted by Crippen LogP contribution is -2.28. The first kappa shape index (κ1) is 20.2. The Morgan fingerprint density at radius 2 is 1.94 bits per heavy atom. The SMILES string of the molecule is CC(=O)n1cc([C@@H]2CC23CCCN3C)c2cc(/C=C/S(=O)(=O)c3ccccc3)ccc21. The van der Waals surface area contributed by atoms with Crippen LogP contribution in [0, 0.1) is 0 Å². The maximum Gasteiger partial charge on any atom is 0.227 e. The van der Waals surface area contributed by atoms with Crippen molar-refractivity contribution >= 4 is 32.7 Å². The van der Waals surface area contributed by atoms with E-state index in [9.17, 15) is 13.2 Å². The summed E-state index contributed by atoms with van der Waals surface area (Å²) >= 11 is 0. The van der Waals surface area contributed by atoms with Crippen molar-refractivity contribution in [3.8, 4) is 0 Å². The van der Waals surface area contributed by atoms with E-state index in [1.165, 1.54) is 23.8 Å². The summed E-state index contributed by atoms with van der Waals surface area (Å²) in [5.74, 6) is 0.399. The molecule has 5 nitrogen and oxygen atoms in total. The van der Waals surface area contributed by atoms with Crippen molar-refractivity contribution in [3.63, 3.8) is 0 Å². The van der Waals surface area contributed by atoms with Crippen LogP contribution in [0.15, 0.2) is 65.0 Å². The molecule has 2 aliphatic rings. The Balaban J connectivity index is 1.54. The zero-order valence-electron chi connectivity index (χ0n) is 17.8. The van der Waals surface area contributed by atoms with E-state index < -0.39 is 9.84 Å². The molecule has 160 valence electrons. The average molecular weight is 435 g/mol. The van der Waals surface area contributed by atoms with E-state index in [4.69, 9.17) is 0 Å². The minimum Gasteiger partial charge on any atom is -0.300 e. The minimum absolute atomic E-state index is 0.0133. The Labute approximate surface area is 182 Å². The lowest BCUT2D eigenvalue weighted by Gasteiger charge is -2.20. The molecule has 1 aliphatic heterocycles. The molecular formula is C25H26N2O3S. The standard InChI is InChI=1S/C25H26N2O3S/c1-18(28)27-17-22(23-16-25(23)12-6-13-26(25)2)21-15-19(9-10-24(21)27)11-14-31(29,30)20-7-4-3-5-8-20/h3-5,7-11,14-15,17,23H,6,12-13,16H2,1-2H3/b14-11+/t23-,25?/m0/s1. The van der Waals surface area contributed by atoms with Crippen LogP contribution in [0.1, 0.15) is 48.0 Å². The largest absolute Gasteiger partial charge is 0.300 e. The maximum atomic E-state index is 12.6. The molecule has 6 heteroatoms. The summed E-state index contributed by atoms with van der Waals surface area (Å²) in [6.07, 6.45) is 7.15. The number of benzene rings is 2. The highest BCUT2D eigenvalue weighted by Gasteiger charge is 2.59. The number of likely N-dealkylation sites (tertiary alicyclic amines) is 1. The van der Waals surface area contributed by atoms with E-state index in [0.29, 0.717) is 5.92 Å². The summed E-state index contributed by atoms with van der Waals surface area (Å²) in [6, 6.07) is 14.2. The number of sulfone groups is 1. The number of nitrogens with zero attached hydrogens (tertiary/aromatic N) is 2. The predicted molar refractivity (Wildman–Crippen MR) is 123 cm³/mol. The predicted octanol–water partition coefficient (Wildman–Crippen LogP) is 4.70. The number of carbonyl (C=O) groups is 1. The normalized spacial score (nSPS) is 23.9. The molecule has 1 saturated heterocycles. The first-order valence-corrected chi connectivity index (χ1v) is 12.2. The van der Waals surface area contributed by atoms with E-state index >= 15 is 0 Å². The van der Waals surface area contributed by atoms with Gasteiger partial charge >= 0.3 is 0 Å². The van der Waals surface area contributed by atoms with Crippen LogP contribution < -0.4 is 0 Å². The van der Waals surface area contributed by atoms with Gasteiger partial charge < -0.3 is 4.90 Å². The van der Waals surface area contributed by atoms with E-state index in [1.54, 1.807) is 47.9 Å². The van der Waals surface area contributed by atoms with Crippen LogP contribution in [-0.2, 0) is 9.84 Å². The minimum atomic E-state index is -3.51. The Kier molecular flexibility index (Phi) is 4.68. The summed E-state index contributed by atoms with van der Waals surface area (Å²) < 4.78 is 26.9. The monoisotopic (exact) mass is 434 g/mol. The number of fused-ring (bicyclic) bond motifs is 1. The fraction of sp³-hybridized carbons (Fsp3) is 0.320. The van der Waals surface area contributed by atoms with Crippen molar-refractivity contribution in [2.45, 2.75) is 42.5 Å². The molecule has 1 saturated carbocycles. The van der Waals surface area contributed by atoms with Gasteiger partial charge in [0.2, 0.25) is 5.91 Å². The van der Waals surface area contributed by atoms with Crippen molar-refractivity contribution < 1.29 is 13.2 Å². The third-order valence-corrected chi connectivity index (χ3v) is 8.42. The molecule has 2 fully saturated rings. The third kappa shape index (κ3) is 3.34. The summed E-state index contributed by atoms with van der Waals surface area (Å²) in [4.78, 5) is 15.0. The van der Waals surface area contributed by atoms with E-state index in [2.05, 4.69) is 11.9 Å². The van der Waals surface area contributed by atoms with Crippen LogP contribution in [0.3, 0.4) is 0 Å². The molecule has 0 amide bonds. The molecule has 0 N–H and O–H groups in total. The van der Waals surface area contributed by atoms with Crippen LogP contribution in [0.2, 0.25) is 0 Å². The molecular weight excluding hydrogens is 408 g/mol. The number of aromatic nitrogens is 1. The molecule has 5 rings (SSSR count). The molecule has 1 unspecified atom stereocenters. The topological polar surface area (TPSA) is 59.4 Å². The van der Waals surface area contributed by atoms with Gasteiger partial charge in [0.25, 0.3) is 0 Å². The van der Waals surface area contributed by atoms with Crippen LogP contribution in [0.4, 0.5) is 0 Å². The first-order chi connectivity index (χ1) is 14.8. The second kappa shape index (κ2) is 7.18. The van der Waals surface area contributed by atoms with Gasteiger partial charge in [0, 0.05) is 35.4 Å². The number of likely N-dealkylation sites (N-methyl/N-ethyl adjacent to an activating group) is 1. The maximum absolute atomic E-state index is 12.6. The third-order valence-electron chi connectivity index (χ3n) is 6.99. The van der Waals surface area contributed by atoms with Crippen molar-refractivity contribution in [2.75, 3.05) is 13.6 Å². The summed E-state index contributed by atoms with van der Waals surface area (Å²) in [5.41, 5.74) is 3.11. The highest BCUT2D eigenvalue weighted by atomic mass is 32.2. The Bertz CT molecular complexity index is 1310. The van der Waals surface area contributed by atoms with E-state index in [0.717, 1.165) is 29.4 Å². The van der Waals surface area contributed by atoms with Crippen molar-refractivity contribution in [3.05, 3.63) is 71.3 Å². The molecule has 1 aliphatic carbocycles. The van der Waals surface area contributed by atoms with E-state index in [1.807, 2.05) is 24.4 Å². The second-order valence-electron chi connectivity index (χ2n) is 8.80. The Hall–Kier alpha value is -2.70.